The van der Waals surface area contributed by atoms with Crippen molar-refractivity contribution in [3.05, 3.63) is 35.9 Å². The van der Waals surface area contributed by atoms with E-state index in [1.165, 1.54) is 0 Å². The Hall–Kier alpha value is -0.940. The number of hydrogen-bond acceptors (Lipinski definition) is 4. The summed E-state index contributed by atoms with van der Waals surface area (Å²) in [5.74, 6) is 0. The first-order chi connectivity index (χ1) is 8.40. The summed E-state index contributed by atoms with van der Waals surface area (Å²) in [5.41, 5.74) is 1.15. The zero-order valence-corrected chi connectivity index (χ0v) is 9.84. The molecule has 0 aromatic heterocycles. The van der Waals surface area contributed by atoms with Crippen molar-refractivity contribution < 1.29 is 14.6 Å². The van der Waals surface area contributed by atoms with Crippen LogP contribution in [0, 0.1) is 0 Å². The van der Waals surface area contributed by atoms with Gasteiger partial charge in [0.15, 0.2) is 0 Å². The monoisotopic (exact) mass is 237 g/mol. The lowest BCUT2D eigenvalue weighted by Crippen LogP contribution is -2.52. The van der Waals surface area contributed by atoms with Crippen LogP contribution in [0.5, 0.6) is 0 Å². The van der Waals surface area contributed by atoms with Crippen LogP contribution in [0.1, 0.15) is 5.56 Å². The predicted octanol–water partition coefficient (Wildman–Crippen LogP) is 0.552. The Balaban J connectivity index is 1.74. The van der Waals surface area contributed by atoms with Gasteiger partial charge in [-0.3, -0.25) is 0 Å². The van der Waals surface area contributed by atoms with Gasteiger partial charge in [-0.1, -0.05) is 30.3 Å². The van der Waals surface area contributed by atoms with Crippen LogP contribution in [0.15, 0.2) is 30.3 Å². The highest BCUT2D eigenvalue weighted by molar-refractivity contribution is 5.13. The number of benzene rings is 1. The Morgan fingerprint density at radius 1 is 1.35 bits per heavy atom. The summed E-state index contributed by atoms with van der Waals surface area (Å²) in [6, 6.07) is 10.0. The quantitative estimate of drug-likeness (QED) is 0.785. The highest BCUT2D eigenvalue weighted by atomic mass is 16.5. The summed E-state index contributed by atoms with van der Waals surface area (Å²) in [6.45, 7) is 2.64. The van der Waals surface area contributed by atoms with Crippen molar-refractivity contribution in [2.45, 2.75) is 18.8 Å². The number of morpholine rings is 1. The summed E-state index contributed by atoms with van der Waals surface area (Å²) in [6.07, 6.45) is -0.0579. The van der Waals surface area contributed by atoms with Gasteiger partial charge in [0.25, 0.3) is 0 Å². The molecule has 94 valence electrons. The van der Waals surface area contributed by atoms with E-state index in [0.717, 1.165) is 12.1 Å². The molecular weight excluding hydrogens is 218 g/mol. The summed E-state index contributed by atoms with van der Waals surface area (Å²) in [7, 11) is 0. The van der Waals surface area contributed by atoms with Crippen molar-refractivity contribution in [2.75, 3.05) is 26.4 Å². The molecule has 2 atom stereocenters. The summed E-state index contributed by atoms with van der Waals surface area (Å²) in [4.78, 5) is 0. The molecule has 0 spiro atoms. The van der Waals surface area contributed by atoms with Gasteiger partial charge in [0.1, 0.15) is 0 Å². The minimum atomic E-state index is -0.0579. The third-order valence-electron chi connectivity index (χ3n) is 2.88. The van der Waals surface area contributed by atoms with E-state index in [4.69, 9.17) is 9.47 Å². The van der Waals surface area contributed by atoms with Crippen molar-refractivity contribution in [3.63, 3.8) is 0 Å². The molecular formula is C13H19NO3. The maximum absolute atomic E-state index is 9.18. The van der Waals surface area contributed by atoms with Crippen molar-refractivity contribution in [2.24, 2.45) is 0 Å². The fourth-order valence-electron chi connectivity index (χ4n) is 1.92. The van der Waals surface area contributed by atoms with Gasteiger partial charge in [-0.05, 0) is 5.56 Å². The van der Waals surface area contributed by atoms with Crippen LogP contribution in [0.25, 0.3) is 0 Å². The molecule has 0 bridgehead atoms. The molecule has 1 aromatic rings. The van der Waals surface area contributed by atoms with Gasteiger partial charge in [0, 0.05) is 6.54 Å². The van der Waals surface area contributed by atoms with Crippen molar-refractivity contribution >= 4 is 0 Å². The summed E-state index contributed by atoms with van der Waals surface area (Å²) < 4.78 is 11.2. The SMILES string of the molecule is OC[C@@H]1NCCO[C@@H]1COCc1ccccc1. The number of rotatable bonds is 5. The van der Waals surface area contributed by atoms with Gasteiger partial charge < -0.3 is 19.9 Å². The number of aliphatic hydroxyl groups excluding tert-OH is 1. The topological polar surface area (TPSA) is 50.7 Å². The van der Waals surface area contributed by atoms with Gasteiger partial charge in [0.05, 0.1) is 38.6 Å². The first kappa shape index (κ1) is 12.5. The molecule has 1 aliphatic rings. The van der Waals surface area contributed by atoms with E-state index >= 15 is 0 Å². The molecule has 1 heterocycles. The third kappa shape index (κ3) is 3.78. The molecule has 0 radical (unpaired) electrons. The largest absolute Gasteiger partial charge is 0.395 e. The first-order valence-corrected chi connectivity index (χ1v) is 5.97. The maximum Gasteiger partial charge on any atom is 0.0984 e. The van der Waals surface area contributed by atoms with E-state index < -0.39 is 0 Å². The minimum Gasteiger partial charge on any atom is -0.395 e. The first-order valence-electron chi connectivity index (χ1n) is 5.97. The molecule has 4 heteroatoms. The number of ether oxygens (including phenoxy) is 2. The molecule has 0 saturated carbocycles. The van der Waals surface area contributed by atoms with E-state index in [0.29, 0.717) is 19.8 Å². The number of aliphatic hydroxyl groups is 1. The molecule has 2 rings (SSSR count). The van der Waals surface area contributed by atoms with Crippen molar-refractivity contribution in [3.8, 4) is 0 Å². The van der Waals surface area contributed by atoms with Crippen LogP contribution in [0.3, 0.4) is 0 Å². The fourth-order valence-corrected chi connectivity index (χ4v) is 1.92. The van der Waals surface area contributed by atoms with Crippen LogP contribution in [0.2, 0.25) is 0 Å². The Kier molecular flexibility index (Phi) is 4.94. The second kappa shape index (κ2) is 6.71. The average Bonchev–Trinajstić information content (AvgIpc) is 2.40. The second-order valence-electron chi connectivity index (χ2n) is 4.15. The van der Waals surface area contributed by atoms with Gasteiger partial charge >= 0.3 is 0 Å². The molecule has 0 aliphatic carbocycles. The van der Waals surface area contributed by atoms with Crippen LogP contribution in [-0.4, -0.2) is 43.6 Å². The Bertz CT molecular complexity index is 318. The molecule has 1 fully saturated rings. The van der Waals surface area contributed by atoms with Crippen LogP contribution in [0.4, 0.5) is 0 Å². The van der Waals surface area contributed by atoms with Crippen LogP contribution >= 0.6 is 0 Å². The predicted molar refractivity (Wildman–Crippen MR) is 64.7 cm³/mol. The normalized spacial score (nSPS) is 24.8. The molecule has 0 unspecified atom stereocenters. The fraction of sp³-hybridized carbons (Fsp3) is 0.538. The van der Waals surface area contributed by atoms with Gasteiger partial charge in [-0.25, -0.2) is 0 Å². The Morgan fingerprint density at radius 2 is 2.18 bits per heavy atom. The lowest BCUT2D eigenvalue weighted by atomic mass is 10.1. The number of hydrogen-bond donors (Lipinski definition) is 2. The van der Waals surface area contributed by atoms with Gasteiger partial charge in [-0.2, -0.15) is 0 Å². The summed E-state index contributed by atoms with van der Waals surface area (Å²) in [5, 5.41) is 12.4. The molecule has 1 saturated heterocycles. The van der Waals surface area contributed by atoms with Crippen LogP contribution in [-0.2, 0) is 16.1 Å². The number of nitrogens with one attached hydrogen (secondary N) is 1. The van der Waals surface area contributed by atoms with E-state index in [1.807, 2.05) is 30.3 Å². The third-order valence-corrected chi connectivity index (χ3v) is 2.88. The van der Waals surface area contributed by atoms with Gasteiger partial charge in [0.2, 0.25) is 0 Å². The van der Waals surface area contributed by atoms with Crippen molar-refractivity contribution in [1.82, 2.24) is 5.32 Å². The zero-order valence-electron chi connectivity index (χ0n) is 9.84. The second-order valence-corrected chi connectivity index (χ2v) is 4.15. The van der Waals surface area contributed by atoms with Gasteiger partial charge in [-0.15, -0.1) is 0 Å². The summed E-state index contributed by atoms with van der Waals surface area (Å²) >= 11 is 0. The maximum atomic E-state index is 9.18. The molecule has 0 amide bonds. The zero-order chi connectivity index (χ0) is 11.9. The Morgan fingerprint density at radius 3 is 2.94 bits per heavy atom. The van der Waals surface area contributed by atoms with E-state index in [2.05, 4.69) is 5.32 Å². The highest BCUT2D eigenvalue weighted by Crippen LogP contribution is 2.07. The lowest BCUT2D eigenvalue weighted by Gasteiger charge is -2.31. The molecule has 4 nitrogen and oxygen atoms in total. The molecule has 1 aliphatic heterocycles. The molecule has 1 aromatic carbocycles. The smallest absolute Gasteiger partial charge is 0.0984 e. The van der Waals surface area contributed by atoms with E-state index in [-0.39, 0.29) is 18.8 Å². The van der Waals surface area contributed by atoms with Crippen LogP contribution < -0.4 is 5.32 Å². The van der Waals surface area contributed by atoms with E-state index in [9.17, 15) is 5.11 Å². The van der Waals surface area contributed by atoms with E-state index in [1.54, 1.807) is 0 Å². The molecule has 17 heavy (non-hydrogen) atoms. The average molecular weight is 237 g/mol. The standard InChI is InChI=1S/C13H19NO3/c15-8-12-13(17-7-6-14-12)10-16-9-11-4-2-1-3-5-11/h1-5,12-15H,6-10H2/t12-,13+/m0/s1. The lowest BCUT2D eigenvalue weighted by molar-refractivity contribution is -0.0684. The molecule has 2 N–H and O–H groups in total. The Labute approximate surface area is 102 Å². The van der Waals surface area contributed by atoms with Crippen molar-refractivity contribution in [1.29, 1.82) is 0 Å². The minimum absolute atomic E-state index is 0.0143. The highest BCUT2D eigenvalue weighted by Gasteiger charge is 2.24.